The van der Waals surface area contributed by atoms with Gasteiger partial charge >= 0.3 is 10.4 Å². The molecule has 0 amide bonds. The minimum atomic E-state index is -4.67. The summed E-state index contributed by atoms with van der Waals surface area (Å²) < 4.78 is 48.0. The molecule has 9 nitrogen and oxygen atoms in total. The fraction of sp³-hybridized carbons (Fsp3) is 0.600. The van der Waals surface area contributed by atoms with Crippen LogP contribution in [0.25, 0.3) is 0 Å². The van der Waals surface area contributed by atoms with E-state index in [2.05, 4.69) is 13.2 Å². The first-order valence-electron chi connectivity index (χ1n) is 5.19. The van der Waals surface area contributed by atoms with Gasteiger partial charge in [0.05, 0.1) is 13.2 Å². The fourth-order valence-electron chi connectivity index (χ4n) is 1.47. The standard InChI is InChI=1S/C10H14O3.2H3N.H2O4S/c1-3-9(5-7-11-9)13-10(4-2)6-8-12-10;;;1-5(2,3)4/h3-4H,1-2,5-8H2;2*1H3;(H2,1,2,3,4). The Balaban J connectivity index is 0. The SMILES string of the molecule is C=CC1(OC2(C=C)CCO2)CCO1.N.N.O=S(=O)(O)O. The molecule has 0 aromatic rings. The van der Waals surface area contributed by atoms with Gasteiger partial charge in [-0.15, -0.1) is 0 Å². The van der Waals surface area contributed by atoms with Gasteiger partial charge in [-0.1, -0.05) is 13.2 Å². The Labute approximate surface area is 118 Å². The van der Waals surface area contributed by atoms with Crippen molar-refractivity contribution >= 4 is 10.4 Å². The lowest BCUT2D eigenvalue weighted by molar-refractivity contribution is -0.393. The molecule has 2 fully saturated rings. The molecule has 2 rings (SSSR count). The predicted octanol–water partition coefficient (Wildman–Crippen LogP) is 1.28. The van der Waals surface area contributed by atoms with E-state index >= 15 is 0 Å². The Morgan fingerprint density at radius 3 is 1.35 bits per heavy atom. The molecule has 20 heavy (non-hydrogen) atoms. The third-order valence-electron chi connectivity index (χ3n) is 2.56. The first-order valence-corrected chi connectivity index (χ1v) is 6.59. The van der Waals surface area contributed by atoms with Crippen LogP contribution in [0.15, 0.2) is 25.3 Å². The lowest BCUT2D eigenvalue weighted by atomic mass is 10.1. The molecular formula is C10H22N2O7S. The van der Waals surface area contributed by atoms with Crippen molar-refractivity contribution in [2.45, 2.75) is 24.4 Å². The van der Waals surface area contributed by atoms with Gasteiger partial charge in [0, 0.05) is 12.8 Å². The highest BCUT2D eigenvalue weighted by Crippen LogP contribution is 2.39. The second kappa shape index (κ2) is 7.81. The normalized spacial score (nSPS) is 30.9. The minimum absolute atomic E-state index is 0. The Morgan fingerprint density at radius 2 is 1.25 bits per heavy atom. The molecule has 0 saturated carbocycles. The van der Waals surface area contributed by atoms with Crippen LogP contribution in [0.1, 0.15) is 12.8 Å². The van der Waals surface area contributed by atoms with E-state index in [1.165, 1.54) is 0 Å². The third kappa shape index (κ3) is 6.07. The molecule has 0 aromatic heterocycles. The van der Waals surface area contributed by atoms with Crippen LogP contribution in [-0.4, -0.2) is 42.3 Å². The van der Waals surface area contributed by atoms with Crippen LogP contribution in [-0.2, 0) is 24.6 Å². The molecule has 2 aliphatic heterocycles. The molecule has 2 atom stereocenters. The van der Waals surface area contributed by atoms with Crippen LogP contribution in [0.5, 0.6) is 0 Å². The van der Waals surface area contributed by atoms with Crippen molar-refractivity contribution in [2.75, 3.05) is 13.2 Å². The molecule has 2 heterocycles. The first kappa shape index (κ1) is 21.4. The average Bonchev–Trinajstić information content (AvgIpc) is 2.12. The van der Waals surface area contributed by atoms with Crippen LogP contribution in [0.4, 0.5) is 0 Å². The van der Waals surface area contributed by atoms with Crippen molar-refractivity contribution in [3.63, 3.8) is 0 Å². The van der Waals surface area contributed by atoms with Crippen molar-refractivity contribution in [1.29, 1.82) is 0 Å². The van der Waals surface area contributed by atoms with Gasteiger partial charge in [-0.3, -0.25) is 9.11 Å². The highest BCUT2D eigenvalue weighted by molar-refractivity contribution is 7.79. The van der Waals surface area contributed by atoms with Crippen LogP contribution in [0.2, 0.25) is 0 Å². The summed E-state index contributed by atoms with van der Waals surface area (Å²) in [6.45, 7) is 8.83. The molecule has 120 valence electrons. The minimum Gasteiger partial charge on any atom is -0.346 e. The van der Waals surface area contributed by atoms with Gasteiger partial charge in [-0.2, -0.15) is 8.42 Å². The maximum atomic E-state index is 8.74. The quantitative estimate of drug-likeness (QED) is 0.440. The molecule has 0 radical (unpaired) electrons. The van der Waals surface area contributed by atoms with E-state index in [1.807, 2.05) is 0 Å². The van der Waals surface area contributed by atoms with E-state index in [-0.39, 0.29) is 12.3 Å². The van der Waals surface area contributed by atoms with Crippen LogP contribution in [0, 0.1) is 0 Å². The highest BCUT2D eigenvalue weighted by Gasteiger charge is 2.47. The number of rotatable bonds is 4. The zero-order valence-corrected chi connectivity index (χ0v) is 12.0. The van der Waals surface area contributed by atoms with Gasteiger partial charge in [-0.25, -0.2) is 0 Å². The van der Waals surface area contributed by atoms with Crippen molar-refractivity contribution in [1.82, 2.24) is 12.3 Å². The third-order valence-corrected chi connectivity index (χ3v) is 2.56. The Hall–Kier alpha value is -0.850. The largest absolute Gasteiger partial charge is 0.394 e. The Morgan fingerprint density at radius 1 is 1.00 bits per heavy atom. The molecule has 0 aromatic carbocycles. The maximum absolute atomic E-state index is 8.74. The zero-order valence-electron chi connectivity index (χ0n) is 11.2. The molecule has 8 N–H and O–H groups in total. The molecule has 0 bridgehead atoms. The molecule has 10 heteroatoms. The van der Waals surface area contributed by atoms with Crippen molar-refractivity contribution in [2.24, 2.45) is 0 Å². The molecular weight excluding hydrogens is 292 g/mol. The summed E-state index contributed by atoms with van der Waals surface area (Å²) in [6.07, 6.45) is 5.05. The lowest BCUT2D eigenvalue weighted by Crippen LogP contribution is -2.55. The number of hydrogen-bond acceptors (Lipinski definition) is 7. The summed E-state index contributed by atoms with van der Waals surface area (Å²) in [5, 5.41) is 0. The second-order valence-corrected chi connectivity index (χ2v) is 4.67. The molecule has 2 aliphatic rings. The molecule has 0 aliphatic carbocycles. The van der Waals surface area contributed by atoms with Crippen LogP contribution < -0.4 is 12.3 Å². The fourth-order valence-corrected chi connectivity index (χ4v) is 1.47. The summed E-state index contributed by atoms with van der Waals surface area (Å²) in [5.41, 5.74) is 0. The van der Waals surface area contributed by atoms with Crippen LogP contribution in [0.3, 0.4) is 0 Å². The number of ether oxygens (including phenoxy) is 3. The summed E-state index contributed by atoms with van der Waals surface area (Å²) in [7, 11) is -4.67. The molecule has 2 saturated heterocycles. The van der Waals surface area contributed by atoms with E-state index in [1.54, 1.807) is 12.2 Å². The van der Waals surface area contributed by atoms with Crippen LogP contribution >= 0.6 is 0 Å². The summed E-state index contributed by atoms with van der Waals surface area (Å²) in [4.78, 5) is 0. The van der Waals surface area contributed by atoms with Gasteiger partial charge in [-0.05, 0) is 12.2 Å². The van der Waals surface area contributed by atoms with Crippen molar-refractivity contribution in [3.8, 4) is 0 Å². The zero-order chi connectivity index (χ0) is 13.9. The van der Waals surface area contributed by atoms with Gasteiger partial charge in [0.25, 0.3) is 0 Å². The Kier molecular flexibility index (Phi) is 8.37. The Bertz CT molecular complexity index is 383. The molecule has 0 spiro atoms. The first-order chi connectivity index (χ1) is 8.24. The van der Waals surface area contributed by atoms with Crippen molar-refractivity contribution in [3.05, 3.63) is 25.3 Å². The average molecular weight is 314 g/mol. The predicted molar refractivity (Wildman–Crippen MR) is 72.3 cm³/mol. The summed E-state index contributed by atoms with van der Waals surface area (Å²) >= 11 is 0. The monoisotopic (exact) mass is 314 g/mol. The lowest BCUT2D eigenvalue weighted by Gasteiger charge is -2.48. The van der Waals surface area contributed by atoms with E-state index in [0.717, 1.165) is 26.1 Å². The second-order valence-electron chi connectivity index (χ2n) is 3.78. The summed E-state index contributed by atoms with van der Waals surface area (Å²) in [6, 6.07) is 0. The smallest absolute Gasteiger partial charge is 0.346 e. The van der Waals surface area contributed by atoms with Gasteiger partial charge in [0.2, 0.25) is 0 Å². The van der Waals surface area contributed by atoms with E-state index < -0.39 is 22.0 Å². The van der Waals surface area contributed by atoms with Gasteiger partial charge in [0.1, 0.15) is 0 Å². The maximum Gasteiger partial charge on any atom is 0.394 e. The topological polar surface area (TPSA) is 172 Å². The van der Waals surface area contributed by atoms with Gasteiger partial charge in [0.15, 0.2) is 11.6 Å². The van der Waals surface area contributed by atoms with E-state index in [4.69, 9.17) is 31.7 Å². The summed E-state index contributed by atoms with van der Waals surface area (Å²) in [5.74, 6) is -1.26. The molecule has 2 unspecified atom stereocenters. The van der Waals surface area contributed by atoms with Gasteiger partial charge < -0.3 is 26.5 Å². The van der Waals surface area contributed by atoms with E-state index in [9.17, 15) is 0 Å². The van der Waals surface area contributed by atoms with E-state index in [0.29, 0.717) is 0 Å². The van der Waals surface area contributed by atoms with Crippen molar-refractivity contribution < 1.29 is 31.7 Å². The number of hydrogen-bond donors (Lipinski definition) is 4. The highest BCUT2D eigenvalue weighted by atomic mass is 32.3.